The first-order valence-corrected chi connectivity index (χ1v) is 12.1. The maximum atomic E-state index is 12.6. The summed E-state index contributed by atoms with van der Waals surface area (Å²) < 4.78 is 9.69. The number of carbonyl (C=O) groups is 4. The Labute approximate surface area is 220 Å². The Morgan fingerprint density at radius 3 is 2.42 bits per heavy atom. The highest BCUT2D eigenvalue weighted by Crippen LogP contribution is 2.11. The second-order valence-corrected chi connectivity index (χ2v) is 8.51. The van der Waals surface area contributed by atoms with Crippen molar-refractivity contribution < 1.29 is 28.7 Å². The number of benzene rings is 2. The fraction of sp³-hybridized carbons (Fsp3) is 0.346. The number of guanidine groups is 1. The summed E-state index contributed by atoms with van der Waals surface area (Å²) in [5.41, 5.74) is 1.69. The molecule has 0 unspecified atom stereocenters. The molecule has 0 aliphatic carbocycles. The van der Waals surface area contributed by atoms with Crippen LogP contribution in [0.15, 0.2) is 54.6 Å². The van der Waals surface area contributed by atoms with Crippen molar-refractivity contribution in [2.75, 3.05) is 51.7 Å². The van der Waals surface area contributed by atoms with Crippen molar-refractivity contribution >= 4 is 35.5 Å². The van der Waals surface area contributed by atoms with Crippen molar-refractivity contribution in [1.29, 1.82) is 5.41 Å². The Balaban J connectivity index is 1.37. The van der Waals surface area contributed by atoms with Gasteiger partial charge in [0.2, 0.25) is 11.9 Å². The van der Waals surface area contributed by atoms with E-state index in [4.69, 9.17) is 10.1 Å². The Bertz CT molecular complexity index is 1130. The Hall–Kier alpha value is -4.45. The minimum atomic E-state index is -0.694. The molecular formula is C26H32N6O6. The number of methoxy groups -OCH3 is 1. The number of anilines is 1. The molecule has 0 radical (unpaired) electrons. The summed E-state index contributed by atoms with van der Waals surface area (Å²) in [4.78, 5) is 51.7. The van der Waals surface area contributed by atoms with Gasteiger partial charge in [-0.25, -0.2) is 4.79 Å². The lowest BCUT2D eigenvalue weighted by Gasteiger charge is -2.35. The maximum Gasteiger partial charge on any atom is 0.414 e. The summed E-state index contributed by atoms with van der Waals surface area (Å²) in [6.45, 7) is 2.39. The van der Waals surface area contributed by atoms with Gasteiger partial charge in [-0.2, -0.15) is 0 Å². The molecule has 12 heteroatoms. The van der Waals surface area contributed by atoms with Crippen LogP contribution >= 0.6 is 0 Å². The topological polar surface area (TPSA) is 153 Å². The van der Waals surface area contributed by atoms with Gasteiger partial charge < -0.3 is 25.0 Å². The van der Waals surface area contributed by atoms with Crippen molar-refractivity contribution in [2.24, 2.45) is 0 Å². The largest absolute Gasteiger partial charge is 0.469 e. The average molecular weight is 525 g/mol. The number of hydrogen-bond acceptors (Lipinski definition) is 8. The fourth-order valence-corrected chi connectivity index (χ4v) is 3.69. The minimum Gasteiger partial charge on any atom is -0.469 e. The smallest absolute Gasteiger partial charge is 0.414 e. The van der Waals surface area contributed by atoms with E-state index in [1.807, 2.05) is 35.2 Å². The molecule has 1 fully saturated rings. The molecule has 12 nitrogen and oxygen atoms in total. The average Bonchev–Trinajstić information content (AvgIpc) is 2.92. The zero-order chi connectivity index (χ0) is 27.3. The van der Waals surface area contributed by atoms with Crippen LogP contribution in [0.2, 0.25) is 0 Å². The molecule has 1 saturated heterocycles. The number of alkyl carbamates (subject to hydrolysis) is 1. The van der Waals surface area contributed by atoms with Crippen LogP contribution < -0.4 is 16.0 Å². The van der Waals surface area contributed by atoms with Gasteiger partial charge in [0.15, 0.2) is 0 Å². The molecule has 202 valence electrons. The quantitative estimate of drug-likeness (QED) is 0.218. The number of rotatable bonds is 9. The molecule has 0 saturated carbocycles. The third kappa shape index (κ3) is 9.21. The number of amides is 3. The molecule has 4 N–H and O–H groups in total. The molecule has 1 aliphatic rings. The van der Waals surface area contributed by atoms with E-state index < -0.39 is 12.1 Å². The van der Waals surface area contributed by atoms with Crippen LogP contribution in [-0.2, 0) is 25.7 Å². The summed E-state index contributed by atoms with van der Waals surface area (Å²) in [6.07, 6.45) is -0.625. The van der Waals surface area contributed by atoms with Gasteiger partial charge in [0.25, 0.3) is 5.91 Å². The SMILES string of the molecule is COC(=O)CCNC(=O)c1cccc(NC(=O)CN2CCN(C(=N)NC(=O)OCc3ccccc3)CC2)c1. The summed E-state index contributed by atoms with van der Waals surface area (Å²) in [6, 6.07) is 15.8. The molecule has 0 aromatic heterocycles. The van der Waals surface area contributed by atoms with Crippen LogP contribution in [0, 0.1) is 5.41 Å². The number of carbonyl (C=O) groups excluding carboxylic acids is 4. The molecule has 1 aliphatic heterocycles. The lowest BCUT2D eigenvalue weighted by atomic mass is 10.2. The summed E-state index contributed by atoms with van der Waals surface area (Å²) in [5.74, 6) is -1.06. The van der Waals surface area contributed by atoms with Gasteiger partial charge in [-0.15, -0.1) is 0 Å². The molecule has 0 bridgehead atoms. The van der Waals surface area contributed by atoms with Crippen molar-refractivity contribution in [2.45, 2.75) is 13.0 Å². The summed E-state index contributed by atoms with van der Waals surface area (Å²) in [5, 5.41) is 16.0. The first kappa shape index (κ1) is 28.1. The van der Waals surface area contributed by atoms with Gasteiger partial charge >= 0.3 is 12.1 Å². The third-order valence-corrected chi connectivity index (χ3v) is 5.74. The van der Waals surface area contributed by atoms with E-state index in [1.165, 1.54) is 7.11 Å². The van der Waals surface area contributed by atoms with Gasteiger partial charge in [0.05, 0.1) is 20.1 Å². The van der Waals surface area contributed by atoms with E-state index in [2.05, 4.69) is 20.7 Å². The molecule has 1 heterocycles. The van der Waals surface area contributed by atoms with E-state index in [1.54, 1.807) is 29.2 Å². The van der Waals surface area contributed by atoms with Crippen molar-refractivity contribution in [3.63, 3.8) is 0 Å². The van der Waals surface area contributed by atoms with E-state index in [-0.39, 0.29) is 43.9 Å². The Kier molecular flexibility index (Phi) is 10.6. The molecule has 3 rings (SSSR count). The molecular weight excluding hydrogens is 492 g/mol. The zero-order valence-corrected chi connectivity index (χ0v) is 21.2. The Morgan fingerprint density at radius 2 is 1.71 bits per heavy atom. The molecule has 38 heavy (non-hydrogen) atoms. The highest BCUT2D eigenvalue weighted by atomic mass is 16.5. The van der Waals surface area contributed by atoms with Gasteiger partial charge in [-0.1, -0.05) is 36.4 Å². The van der Waals surface area contributed by atoms with Crippen LogP contribution in [0.1, 0.15) is 22.3 Å². The van der Waals surface area contributed by atoms with E-state index in [0.717, 1.165) is 5.56 Å². The Morgan fingerprint density at radius 1 is 0.974 bits per heavy atom. The number of esters is 1. The van der Waals surface area contributed by atoms with Crippen LogP contribution in [0.5, 0.6) is 0 Å². The highest BCUT2D eigenvalue weighted by molar-refractivity contribution is 5.97. The standard InChI is InChI=1S/C26H32N6O6/c1-37-23(34)10-11-28-24(35)20-8-5-9-21(16-20)29-22(33)17-31-12-14-32(15-13-31)25(27)30-26(36)38-18-19-6-3-2-4-7-19/h2-9,16H,10-15,17-18H2,1H3,(H,28,35)(H,29,33)(H2,27,30,36). The summed E-state index contributed by atoms with van der Waals surface area (Å²) >= 11 is 0. The number of nitrogens with one attached hydrogen (secondary N) is 4. The molecule has 3 amide bonds. The van der Waals surface area contributed by atoms with Gasteiger partial charge in [-0.05, 0) is 23.8 Å². The second-order valence-electron chi connectivity index (χ2n) is 8.51. The lowest BCUT2D eigenvalue weighted by Crippen LogP contribution is -2.54. The van der Waals surface area contributed by atoms with E-state index >= 15 is 0 Å². The van der Waals surface area contributed by atoms with Crippen LogP contribution in [0.3, 0.4) is 0 Å². The van der Waals surface area contributed by atoms with Crippen LogP contribution in [0.25, 0.3) is 0 Å². The number of hydrogen-bond donors (Lipinski definition) is 4. The highest BCUT2D eigenvalue weighted by Gasteiger charge is 2.22. The van der Waals surface area contributed by atoms with Crippen LogP contribution in [-0.4, -0.2) is 86.0 Å². The van der Waals surface area contributed by atoms with Crippen molar-refractivity contribution in [3.8, 4) is 0 Å². The second kappa shape index (κ2) is 14.3. The van der Waals surface area contributed by atoms with Crippen LogP contribution in [0.4, 0.5) is 10.5 Å². The predicted octanol–water partition coefficient (Wildman–Crippen LogP) is 1.40. The molecule has 0 atom stereocenters. The normalized spacial score (nSPS) is 13.2. The van der Waals surface area contributed by atoms with Gasteiger partial charge in [0, 0.05) is 44.0 Å². The predicted molar refractivity (Wildman–Crippen MR) is 140 cm³/mol. The fourth-order valence-electron chi connectivity index (χ4n) is 3.69. The minimum absolute atomic E-state index is 0.0474. The maximum absolute atomic E-state index is 12.6. The first-order chi connectivity index (χ1) is 18.3. The number of ether oxygens (including phenoxy) is 2. The molecule has 2 aromatic carbocycles. The van der Waals surface area contributed by atoms with Gasteiger partial charge in [0.1, 0.15) is 6.61 Å². The molecule has 0 spiro atoms. The van der Waals surface area contributed by atoms with Gasteiger partial charge in [-0.3, -0.25) is 30.0 Å². The lowest BCUT2D eigenvalue weighted by molar-refractivity contribution is -0.140. The van der Waals surface area contributed by atoms with Crippen molar-refractivity contribution in [3.05, 3.63) is 65.7 Å². The molecule has 2 aromatic rings. The first-order valence-electron chi connectivity index (χ1n) is 12.1. The van der Waals surface area contributed by atoms with E-state index in [9.17, 15) is 19.2 Å². The number of nitrogens with zero attached hydrogens (tertiary/aromatic N) is 2. The zero-order valence-electron chi connectivity index (χ0n) is 21.2. The monoisotopic (exact) mass is 524 g/mol. The summed E-state index contributed by atoms with van der Waals surface area (Å²) in [7, 11) is 1.28. The third-order valence-electron chi connectivity index (χ3n) is 5.74. The van der Waals surface area contributed by atoms with Crippen molar-refractivity contribution in [1.82, 2.24) is 20.4 Å². The van der Waals surface area contributed by atoms with E-state index in [0.29, 0.717) is 37.4 Å². The number of piperazine rings is 1.